The third kappa shape index (κ3) is 3.67. The molecule has 6 nitrogen and oxygen atoms in total. The molecule has 2 atom stereocenters. The van der Waals surface area contributed by atoms with Gasteiger partial charge in [-0.3, -0.25) is 9.48 Å². The quantitative estimate of drug-likeness (QED) is 0.864. The van der Waals surface area contributed by atoms with Crippen LogP contribution in [0.2, 0.25) is 0 Å². The fourth-order valence-corrected chi connectivity index (χ4v) is 2.92. The number of carbonyl (C=O) groups excluding carboxylic acids is 1. The maximum absolute atomic E-state index is 12.7. The molecule has 1 aliphatic rings. The number of hydrogen-bond acceptors (Lipinski definition) is 4. The second-order valence-electron chi connectivity index (χ2n) is 6.83. The predicted octanol–water partition coefficient (Wildman–Crippen LogP) is 1.46. The summed E-state index contributed by atoms with van der Waals surface area (Å²) in [5.74, 6) is -0.0951. The number of carbonyl (C=O) groups is 1. The molecule has 1 fully saturated rings. The highest BCUT2D eigenvalue weighted by atomic mass is 16.5. The van der Waals surface area contributed by atoms with E-state index in [1.54, 1.807) is 18.1 Å². The Morgan fingerprint density at radius 1 is 1.59 bits per heavy atom. The molecule has 1 aliphatic heterocycles. The summed E-state index contributed by atoms with van der Waals surface area (Å²) in [5, 5.41) is 13.6. The van der Waals surface area contributed by atoms with Gasteiger partial charge in [0.1, 0.15) is 0 Å². The fraction of sp³-hybridized carbons (Fsp3) is 0.750. The molecule has 1 N–H and O–H groups in total. The Hall–Kier alpha value is -1.40. The molecule has 0 spiro atoms. The Morgan fingerprint density at radius 2 is 2.32 bits per heavy atom. The zero-order chi connectivity index (χ0) is 16.3. The van der Waals surface area contributed by atoms with E-state index in [9.17, 15) is 9.90 Å². The van der Waals surface area contributed by atoms with Crippen LogP contribution in [0.25, 0.3) is 0 Å². The monoisotopic (exact) mass is 309 g/mol. The maximum atomic E-state index is 12.7. The number of hydrogen-bond donors (Lipinski definition) is 1. The number of aryl methyl sites for hydroxylation is 1. The second kappa shape index (κ2) is 6.79. The number of aliphatic hydroxyl groups excluding tert-OH is 1. The zero-order valence-corrected chi connectivity index (χ0v) is 14.0. The van der Waals surface area contributed by atoms with E-state index < -0.39 is 0 Å². The first-order valence-corrected chi connectivity index (χ1v) is 7.87. The molecular formula is C16H27N3O3. The summed E-state index contributed by atoms with van der Waals surface area (Å²) in [4.78, 5) is 14.5. The van der Waals surface area contributed by atoms with Gasteiger partial charge < -0.3 is 14.7 Å². The van der Waals surface area contributed by atoms with Crippen LogP contribution in [0.4, 0.5) is 0 Å². The van der Waals surface area contributed by atoms with Gasteiger partial charge in [-0.15, -0.1) is 0 Å². The lowest BCUT2D eigenvalue weighted by Gasteiger charge is -2.31. The van der Waals surface area contributed by atoms with Crippen LogP contribution in [0.5, 0.6) is 0 Å². The smallest absolute Gasteiger partial charge is 0.228 e. The van der Waals surface area contributed by atoms with Gasteiger partial charge in [-0.2, -0.15) is 5.10 Å². The van der Waals surface area contributed by atoms with Crippen molar-refractivity contribution in [2.75, 3.05) is 26.8 Å². The van der Waals surface area contributed by atoms with Crippen LogP contribution < -0.4 is 0 Å². The van der Waals surface area contributed by atoms with Crippen molar-refractivity contribution in [1.82, 2.24) is 14.7 Å². The minimum absolute atomic E-state index is 0.0541. The highest BCUT2D eigenvalue weighted by Crippen LogP contribution is 2.35. The SMILES string of the molecule is CCn1cc([C@H]2OCC[C@@H]2C(=O)N(C)CC(C)(C)CO)cn1. The van der Waals surface area contributed by atoms with Crippen molar-refractivity contribution >= 4 is 5.91 Å². The van der Waals surface area contributed by atoms with Gasteiger partial charge in [0.05, 0.1) is 18.2 Å². The van der Waals surface area contributed by atoms with Crippen LogP contribution in [-0.4, -0.2) is 52.5 Å². The van der Waals surface area contributed by atoms with E-state index in [2.05, 4.69) is 5.10 Å². The molecular weight excluding hydrogens is 282 g/mol. The minimum atomic E-state index is -0.299. The summed E-state index contributed by atoms with van der Waals surface area (Å²) in [6, 6.07) is 0. The van der Waals surface area contributed by atoms with Gasteiger partial charge in [-0.25, -0.2) is 0 Å². The zero-order valence-electron chi connectivity index (χ0n) is 14.0. The van der Waals surface area contributed by atoms with E-state index in [1.807, 2.05) is 31.6 Å². The fourth-order valence-electron chi connectivity index (χ4n) is 2.92. The van der Waals surface area contributed by atoms with E-state index in [4.69, 9.17) is 4.74 Å². The van der Waals surface area contributed by atoms with E-state index in [0.717, 1.165) is 18.5 Å². The number of rotatable bonds is 6. The van der Waals surface area contributed by atoms with Gasteiger partial charge in [-0.05, 0) is 13.3 Å². The first kappa shape index (κ1) is 17.0. The normalized spacial score (nSPS) is 22.0. The summed E-state index contributed by atoms with van der Waals surface area (Å²) in [6.45, 7) is 7.90. The summed E-state index contributed by atoms with van der Waals surface area (Å²) >= 11 is 0. The summed E-state index contributed by atoms with van der Waals surface area (Å²) in [5.41, 5.74) is 0.666. The molecule has 0 saturated carbocycles. The molecule has 2 heterocycles. The molecule has 124 valence electrons. The Labute approximate surface area is 132 Å². The lowest BCUT2D eigenvalue weighted by Crippen LogP contribution is -2.41. The summed E-state index contributed by atoms with van der Waals surface area (Å²) < 4.78 is 7.63. The molecule has 0 aromatic carbocycles. The molecule has 0 unspecified atom stereocenters. The van der Waals surface area contributed by atoms with Crippen LogP contribution in [0.1, 0.15) is 38.9 Å². The predicted molar refractivity (Wildman–Crippen MR) is 83.2 cm³/mol. The number of aromatic nitrogens is 2. The number of ether oxygens (including phenoxy) is 1. The average Bonchev–Trinajstić information content (AvgIpc) is 3.14. The van der Waals surface area contributed by atoms with Crippen LogP contribution >= 0.6 is 0 Å². The van der Waals surface area contributed by atoms with Crippen LogP contribution in [0.3, 0.4) is 0 Å². The van der Waals surface area contributed by atoms with Gasteiger partial charge >= 0.3 is 0 Å². The Bertz CT molecular complexity index is 512. The molecule has 1 aromatic rings. The first-order chi connectivity index (χ1) is 10.4. The lowest BCUT2D eigenvalue weighted by atomic mass is 9.92. The summed E-state index contributed by atoms with van der Waals surface area (Å²) in [7, 11) is 1.80. The molecule has 6 heteroatoms. The van der Waals surface area contributed by atoms with Crippen LogP contribution in [0, 0.1) is 11.3 Å². The van der Waals surface area contributed by atoms with Crippen molar-refractivity contribution in [2.24, 2.45) is 11.3 Å². The van der Waals surface area contributed by atoms with E-state index in [-0.39, 0.29) is 30.0 Å². The summed E-state index contributed by atoms with van der Waals surface area (Å²) in [6.07, 6.45) is 4.25. The topological polar surface area (TPSA) is 67.6 Å². The maximum Gasteiger partial charge on any atom is 0.228 e. The highest BCUT2D eigenvalue weighted by Gasteiger charge is 2.38. The Kier molecular flexibility index (Phi) is 5.24. The number of aliphatic hydroxyl groups is 1. The first-order valence-electron chi connectivity index (χ1n) is 7.87. The minimum Gasteiger partial charge on any atom is -0.396 e. The second-order valence-corrected chi connectivity index (χ2v) is 6.83. The van der Waals surface area contributed by atoms with Crippen molar-refractivity contribution in [3.8, 4) is 0 Å². The van der Waals surface area contributed by atoms with Crippen LogP contribution in [0.15, 0.2) is 12.4 Å². The molecule has 22 heavy (non-hydrogen) atoms. The van der Waals surface area contributed by atoms with Gasteiger partial charge in [0.15, 0.2) is 0 Å². The van der Waals surface area contributed by atoms with E-state index in [0.29, 0.717) is 13.2 Å². The third-order valence-corrected chi connectivity index (χ3v) is 4.18. The number of nitrogens with zero attached hydrogens (tertiary/aromatic N) is 3. The van der Waals surface area contributed by atoms with E-state index >= 15 is 0 Å². The average molecular weight is 309 g/mol. The third-order valence-electron chi connectivity index (χ3n) is 4.18. The largest absolute Gasteiger partial charge is 0.396 e. The highest BCUT2D eigenvalue weighted by molar-refractivity contribution is 5.79. The molecule has 1 aromatic heterocycles. The molecule has 0 bridgehead atoms. The molecule has 1 amide bonds. The molecule has 0 aliphatic carbocycles. The van der Waals surface area contributed by atoms with Crippen LogP contribution in [-0.2, 0) is 16.1 Å². The van der Waals surface area contributed by atoms with Crippen molar-refractivity contribution in [1.29, 1.82) is 0 Å². The molecule has 2 rings (SSSR count). The van der Waals surface area contributed by atoms with Crippen molar-refractivity contribution in [2.45, 2.75) is 39.8 Å². The molecule has 0 radical (unpaired) electrons. The van der Waals surface area contributed by atoms with Gasteiger partial charge in [0, 0.05) is 50.5 Å². The van der Waals surface area contributed by atoms with Gasteiger partial charge in [0.2, 0.25) is 5.91 Å². The number of amides is 1. The van der Waals surface area contributed by atoms with Crippen molar-refractivity contribution in [3.63, 3.8) is 0 Å². The van der Waals surface area contributed by atoms with E-state index in [1.165, 1.54) is 0 Å². The van der Waals surface area contributed by atoms with Crippen molar-refractivity contribution < 1.29 is 14.6 Å². The van der Waals surface area contributed by atoms with Gasteiger partial charge in [0.25, 0.3) is 0 Å². The Balaban J connectivity index is 2.07. The van der Waals surface area contributed by atoms with Gasteiger partial charge in [-0.1, -0.05) is 13.8 Å². The Morgan fingerprint density at radius 3 is 2.91 bits per heavy atom. The molecule has 1 saturated heterocycles. The standard InChI is InChI=1S/C16H27N3O3/c1-5-19-9-12(8-17-19)14-13(6-7-22-14)15(21)18(4)10-16(2,3)11-20/h8-9,13-14,20H,5-7,10-11H2,1-4H3/t13-,14+/m0/s1. The van der Waals surface area contributed by atoms with Crippen molar-refractivity contribution in [3.05, 3.63) is 18.0 Å². The lowest BCUT2D eigenvalue weighted by molar-refractivity contribution is -0.137.